The Hall–Kier alpha value is -0.800. The number of hydrogen-bond acceptors (Lipinski definition) is 3. The van der Waals surface area contributed by atoms with E-state index in [1.54, 1.807) is 13.2 Å². The van der Waals surface area contributed by atoms with Crippen LogP contribution in [0.2, 0.25) is 0 Å². The highest BCUT2D eigenvalue weighted by molar-refractivity contribution is 6.67. The fourth-order valence-electron chi connectivity index (χ4n) is 0.703. The predicted molar refractivity (Wildman–Crippen MR) is 39.6 cm³/mol. The minimum Gasteiger partial charge on any atom is -0.454 e. The topological polar surface area (TPSA) is 39.4 Å². The average Bonchev–Trinajstić information content (AvgIpc) is 2.37. The molecule has 0 saturated carbocycles. The van der Waals surface area contributed by atoms with Crippen molar-refractivity contribution in [2.75, 3.05) is 7.11 Å². The van der Waals surface area contributed by atoms with Crippen LogP contribution >= 0.6 is 11.6 Å². The van der Waals surface area contributed by atoms with Gasteiger partial charge in [0.15, 0.2) is 5.76 Å². The Kier molecular flexibility index (Phi) is 2.68. The van der Waals surface area contributed by atoms with Crippen LogP contribution in [-0.4, -0.2) is 12.4 Å². The molecule has 0 atom stereocenters. The zero-order valence-corrected chi connectivity index (χ0v) is 6.72. The Morgan fingerprint density at radius 2 is 2.45 bits per heavy atom. The van der Waals surface area contributed by atoms with E-state index in [1.807, 2.05) is 0 Å². The Morgan fingerprint density at radius 1 is 1.73 bits per heavy atom. The molecule has 1 heterocycles. The van der Waals surface area contributed by atoms with Gasteiger partial charge in [0.05, 0.1) is 0 Å². The van der Waals surface area contributed by atoms with E-state index in [2.05, 4.69) is 0 Å². The van der Waals surface area contributed by atoms with Crippen molar-refractivity contribution in [2.45, 2.75) is 6.61 Å². The lowest BCUT2D eigenvalue weighted by Gasteiger charge is -1.90. The third-order valence-corrected chi connectivity index (χ3v) is 1.33. The molecule has 0 radical (unpaired) electrons. The second-order valence-corrected chi connectivity index (χ2v) is 2.32. The van der Waals surface area contributed by atoms with Crippen LogP contribution in [0.25, 0.3) is 0 Å². The number of ether oxygens (including phenoxy) is 1. The lowest BCUT2D eigenvalue weighted by molar-refractivity contribution is 0.104. The van der Waals surface area contributed by atoms with Gasteiger partial charge in [-0.15, -0.1) is 0 Å². The van der Waals surface area contributed by atoms with Gasteiger partial charge in [0.2, 0.25) is 0 Å². The minimum absolute atomic E-state index is 0.152. The molecule has 0 unspecified atom stereocenters. The van der Waals surface area contributed by atoms with Crippen LogP contribution in [0.15, 0.2) is 16.5 Å². The molecule has 0 bridgehead atoms. The van der Waals surface area contributed by atoms with Crippen molar-refractivity contribution in [1.29, 1.82) is 0 Å². The first kappa shape index (κ1) is 8.30. The number of furan rings is 1. The molecule has 0 N–H and O–H groups in total. The summed E-state index contributed by atoms with van der Waals surface area (Å²) in [5, 5.41) is -0.590. The van der Waals surface area contributed by atoms with Gasteiger partial charge in [0.1, 0.15) is 12.4 Å². The molecule has 4 heteroatoms. The quantitative estimate of drug-likeness (QED) is 0.656. The van der Waals surface area contributed by atoms with Gasteiger partial charge in [0, 0.05) is 7.11 Å². The Labute approximate surface area is 68.9 Å². The molecule has 0 aliphatic rings. The minimum atomic E-state index is -0.590. The van der Waals surface area contributed by atoms with Gasteiger partial charge in [0.25, 0.3) is 5.24 Å². The molecule has 60 valence electrons. The standard InChI is InChI=1S/C7H7ClO3/c1-10-4-5-2-3-6(11-5)7(8)9/h2-3H,4H2,1H3. The fourth-order valence-corrected chi connectivity index (χ4v) is 0.805. The highest BCUT2D eigenvalue weighted by atomic mass is 35.5. The predicted octanol–water partition coefficient (Wildman–Crippen LogP) is 1.81. The normalized spacial score (nSPS) is 10.0. The number of methoxy groups -OCH3 is 1. The number of carbonyl (C=O) groups is 1. The van der Waals surface area contributed by atoms with Crippen LogP contribution in [0.4, 0.5) is 0 Å². The second-order valence-electron chi connectivity index (χ2n) is 1.97. The van der Waals surface area contributed by atoms with Crippen molar-refractivity contribution < 1.29 is 13.9 Å². The third-order valence-electron chi connectivity index (χ3n) is 1.14. The summed E-state index contributed by atoms with van der Waals surface area (Å²) < 4.78 is 9.75. The first-order valence-corrected chi connectivity index (χ1v) is 3.39. The molecule has 0 spiro atoms. The summed E-state index contributed by atoms with van der Waals surface area (Å²) in [6.07, 6.45) is 0. The summed E-state index contributed by atoms with van der Waals surface area (Å²) >= 11 is 5.14. The molecule has 0 aliphatic heterocycles. The van der Waals surface area contributed by atoms with E-state index in [4.69, 9.17) is 20.8 Å². The lowest BCUT2D eigenvalue weighted by atomic mass is 10.4. The monoisotopic (exact) mass is 174 g/mol. The van der Waals surface area contributed by atoms with Crippen molar-refractivity contribution in [3.05, 3.63) is 23.7 Å². The van der Waals surface area contributed by atoms with Crippen molar-refractivity contribution in [3.63, 3.8) is 0 Å². The van der Waals surface area contributed by atoms with Crippen LogP contribution in [0, 0.1) is 0 Å². The molecule has 11 heavy (non-hydrogen) atoms. The molecular weight excluding hydrogens is 168 g/mol. The molecule has 0 fully saturated rings. The van der Waals surface area contributed by atoms with Crippen molar-refractivity contribution in [3.8, 4) is 0 Å². The first-order valence-electron chi connectivity index (χ1n) is 3.01. The van der Waals surface area contributed by atoms with E-state index in [9.17, 15) is 4.79 Å². The molecule has 3 nitrogen and oxygen atoms in total. The molecule has 0 aliphatic carbocycles. The molecule has 1 rings (SSSR count). The zero-order valence-electron chi connectivity index (χ0n) is 5.96. The van der Waals surface area contributed by atoms with Gasteiger partial charge in [-0.3, -0.25) is 4.79 Å². The van der Waals surface area contributed by atoms with E-state index in [0.29, 0.717) is 12.4 Å². The van der Waals surface area contributed by atoms with Crippen molar-refractivity contribution in [2.24, 2.45) is 0 Å². The van der Waals surface area contributed by atoms with E-state index in [0.717, 1.165) is 0 Å². The maximum atomic E-state index is 10.5. The van der Waals surface area contributed by atoms with Crippen LogP contribution in [0.1, 0.15) is 16.3 Å². The van der Waals surface area contributed by atoms with E-state index in [1.165, 1.54) is 6.07 Å². The number of carbonyl (C=O) groups excluding carboxylic acids is 1. The van der Waals surface area contributed by atoms with Crippen LogP contribution in [0.5, 0.6) is 0 Å². The highest BCUT2D eigenvalue weighted by Crippen LogP contribution is 2.10. The van der Waals surface area contributed by atoms with Gasteiger partial charge in [-0.25, -0.2) is 0 Å². The highest BCUT2D eigenvalue weighted by Gasteiger charge is 2.06. The summed E-state index contributed by atoms with van der Waals surface area (Å²) in [6.45, 7) is 0.351. The van der Waals surface area contributed by atoms with Crippen LogP contribution in [-0.2, 0) is 11.3 Å². The van der Waals surface area contributed by atoms with Gasteiger partial charge in [-0.2, -0.15) is 0 Å². The Balaban J connectivity index is 2.73. The average molecular weight is 175 g/mol. The molecule has 1 aromatic rings. The maximum Gasteiger partial charge on any atom is 0.287 e. The smallest absolute Gasteiger partial charge is 0.287 e. The molecule has 0 amide bonds. The fraction of sp³-hybridized carbons (Fsp3) is 0.286. The maximum absolute atomic E-state index is 10.5. The van der Waals surface area contributed by atoms with Crippen LogP contribution in [0.3, 0.4) is 0 Å². The van der Waals surface area contributed by atoms with E-state index < -0.39 is 5.24 Å². The van der Waals surface area contributed by atoms with Gasteiger partial charge >= 0.3 is 0 Å². The Bertz CT molecular complexity index is 254. The number of hydrogen-bond donors (Lipinski definition) is 0. The summed E-state index contributed by atoms with van der Waals surface area (Å²) in [6, 6.07) is 3.17. The largest absolute Gasteiger partial charge is 0.454 e. The SMILES string of the molecule is COCc1ccc(C(=O)Cl)o1. The van der Waals surface area contributed by atoms with Gasteiger partial charge in [-0.1, -0.05) is 0 Å². The summed E-state index contributed by atoms with van der Waals surface area (Å²) in [5.41, 5.74) is 0. The summed E-state index contributed by atoms with van der Waals surface area (Å²) in [4.78, 5) is 10.5. The molecule has 0 saturated heterocycles. The number of rotatable bonds is 3. The van der Waals surface area contributed by atoms with E-state index in [-0.39, 0.29) is 5.76 Å². The zero-order chi connectivity index (χ0) is 8.27. The molecular formula is C7H7ClO3. The second kappa shape index (κ2) is 3.55. The molecule has 1 aromatic heterocycles. The van der Waals surface area contributed by atoms with E-state index >= 15 is 0 Å². The first-order chi connectivity index (χ1) is 5.24. The number of halogens is 1. The lowest BCUT2D eigenvalue weighted by Crippen LogP contribution is -1.84. The van der Waals surface area contributed by atoms with Crippen LogP contribution < -0.4 is 0 Å². The summed E-state index contributed by atoms with van der Waals surface area (Å²) in [7, 11) is 1.55. The third kappa shape index (κ3) is 2.06. The van der Waals surface area contributed by atoms with Gasteiger partial charge < -0.3 is 9.15 Å². The van der Waals surface area contributed by atoms with Crippen molar-refractivity contribution >= 4 is 16.8 Å². The molecule has 0 aromatic carbocycles. The van der Waals surface area contributed by atoms with Crippen molar-refractivity contribution in [1.82, 2.24) is 0 Å². The van der Waals surface area contributed by atoms with Gasteiger partial charge in [-0.05, 0) is 23.7 Å². The Morgan fingerprint density at radius 3 is 2.91 bits per heavy atom. The summed E-state index contributed by atoms with van der Waals surface area (Å²) in [5.74, 6) is 0.746.